The Kier molecular flexibility index (Phi) is 7.98. The summed E-state index contributed by atoms with van der Waals surface area (Å²) >= 11 is 6.87. The zero-order valence-electron chi connectivity index (χ0n) is 18.4. The average Bonchev–Trinajstić information content (AvgIpc) is 2.84. The molecular formula is C27H22Br2N2O3. The van der Waals surface area contributed by atoms with Gasteiger partial charge < -0.3 is 9.47 Å². The summed E-state index contributed by atoms with van der Waals surface area (Å²) in [5.41, 5.74) is 4.40. The van der Waals surface area contributed by atoms with Gasteiger partial charge in [0.1, 0.15) is 18.1 Å². The largest absolute Gasteiger partial charge is 0.488 e. The number of carbonyl (C=O) groups is 1. The first-order valence-corrected chi connectivity index (χ1v) is 12.2. The number of nitrogens with one attached hydrogen (secondary N) is 1. The minimum atomic E-state index is -0.710. The highest BCUT2D eigenvalue weighted by Crippen LogP contribution is 2.27. The van der Waals surface area contributed by atoms with Crippen LogP contribution in [0.3, 0.4) is 0 Å². The fraction of sp³-hybridized carbons (Fsp3) is 0.111. The van der Waals surface area contributed by atoms with E-state index >= 15 is 0 Å². The molecule has 7 heteroatoms. The maximum absolute atomic E-state index is 12.5. The van der Waals surface area contributed by atoms with Crippen molar-refractivity contribution in [3.63, 3.8) is 0 Å². The first-order chi connectivity index (χ1) is 16.5. The number of benzene rings is 4. The number of fused-ring (bicyclic) bond motifs is 1. The van der Waals surface area contributed by atoms with Crippen LogP contribution in [0.25, 0.3) is 10.8 Å². The van der Waals surface area contributed by atoms with Gasteiger partial charge in [-0.25, -0.2) is 5.43 Å². The van der Waals surface area contributed by atoms with Crippen molar-refractivity contribution in [2.24, 2.45) is 5.10 Å². The summed E-state index contributed by atoms with van der Waals surface area (Å²) in [5.74, 6) is 0.930. The fourth-order valence-corrected chi connectivity index (χ4v) is 4.06. The molecule has 1 N–H and O–H groups in total. The van der Waals surface area contributed by atoms with Crippen molar-refractivity contribution in [3.05, 3.63) is 105 Å². The van der Waals surface area contributed by atoms with E-state index in [2.05, 4.69) is 42.4 Å². The van der Waals surface area contributed by atoms with E-state index in [1.54, 1.807) is 25.3 Å². The number of hydrazone groups is 1. The molecule has 0 fully saturated rings. The van der Waals surface area contributed by atoms with E-state index in [0.29, 0.717) is 18.1 Å². The number of hydrogen-bond donors (Lipinski definition) is 1. The highest BCUT2D eigenvalue weighted by molar-refractivity contribution is 9.10. The smallest absolute Gasteiger partial charge is 0.280 e. The molecule has 4 aromatic rings. The molecule has 0 aliphatic heterocycles. The highest BCUT2D eigenvalue weighted by atomic mass is 79.9. The topological polar surface area (TPSA) is 59.9 Å². The van der Waals surface area contributed by atoms with Gasteiger partial charge in [0.25, 0.3) is 5.91 Å². The maximum atomic E-state index is 12.5. The number of carbonyl (C=O) groups excluding carboxylic acids is 1. The monoisotopic (exact) mass is 580 g/mol. The molecular weight excluding hydrogens is 560 g/mol. The summed E-state index contributed by atoms with van der Waals surface area (Å²) < 4.78 is 13.8. The van der Waals surface area contributed by atoms with E-state index in [4.69, 9.17) is 9.47 Å². The van der Waals surface area contributed by atoms with Crippen LogP contribution in [0.4, 0.5) is 0 Å². The lowest BCUT2D eigenvalue weighted by molar-refractivity contribution is -0.127. The minimum absolute atomic E-state index is 0.351. The molecule has 4 aromatic carbocycles. The lowest BCUT2D eigenvalue weighted by Gasteiger charge is -2.14. The van der Waals surface area contributed by atoms with Crippen molar-refractivity contribution in [1.82, 2.24) is 5.43 Å². The Labute approximate surface area is 215 Å². The van der Waals surface area contributed by atoms with Crippen LogP contribution in [-0.2, 0) is 11.4 Å². The van der Waals surface area contributed by atoms with Crippen LogP contribution >= 0.6 is 31.9 Å². The van der Waals surface area contributed by atoms with Crippen LogP contribution in [0, 0.1) is 0 Å². The molecule has 0 spiro atoms. The Balaban J connectivity index is 1.49. The molecule has 0 aromatic heterocycles. The molecule has 0 aliphatic carbocycles. The molecule has 0 aliphatic rings. The third-order valence-corrected chi connectivity index (χ3v) is 6.10. The van der Waals surface area contributed by atoms with Gasteiger partial charge >= 0.3 is 0 Å². The summed E-state index contributed by atoms with van der Waals surface area (Å²) in [6, 6.07) is 27.2. The molecule has 1 atom stereocenters. The lowest BCUT2D eigenvalue weighted by atomic mass is 10.0. The highest BCUT2D eigenvalue weighted by Gasteiger charge is 2.14. The third kappa shape index (κ3) is 6.24. The van der Waals surface area contributed by atoms with Gasteiger partial charge in [-0.15, -0.1) is 0 Å². The summed E-state index contributed by atoms with van der Waals surface area (Å²) in [6.45, 7) is 2.08. The van der Waals surface area contributed by atoms with Gasteiger partial charge in [-0.1, -0.05) is 74.3 Å². The Hall–Kier alpha value is -3.16. The quantitative estimate of drug-likeness (QED) is 0.183. The molecule has 34 heavy (non-hydrogen) atoms. The number of nitrogens with zero attached hydrogens (tertiary/aromatic N) is 1. The van der Waals surface area contributed by atoms with E-state index in [1.165, 1.54) is 0 Å². The summed E-state index contributed by atoms with van der Waals surface area (Å²) in [4.78, 5) is 12.5. The van der Waals surface area contributed by atoms with Crippen LogP contribution in [-0.4, -0.2) is 18.2 Å². The predicted octanol–water partition coefficient (Wildman–Crippen LogP) is 6.86. The molecule has 1 amide bonds. The molecule has 0 heterocycles. The van der Waals surface area contributed by atoms with E-state index in [1.807, 2.05) is 72.8 Å². The second kappa shape index (κ2) is 11.3. The van der Waals surface area contributed by atoms with Gasteiger partial charge in [0.2, 0.25) is 0 Å². The van der Waals surface area contributed by atoms with Crippen LogP contribution in [0.5, 0.6) is 11.5 Å². The number of ether oxygens (including phenoxy) is 2. The van der Waals surface area contributed by atoms with Gasteiger partial charge in [0, 0.05) is 14.5 Å². The molecule has 0 saturated carbocycles. The second-order valence-corrected chi connectivity index (χ2v) is 9.40. The third-order valence-electron chi connectivity index (χ3n) is 5.08. The van der Waals surface area contributed by atoms with Crippen molar-refractivity contribution < 1.29 is 14.3 Å². The van der Waals surface area contributed by atoms with Crippen molar-refractivity contribution in [1.29, 1.82) is 0 Å². The maximum Gasteiger partial charge on any atom is 0.280 e. The summed E-state index contributed by atoms with van der Waals surface area (Å²) in [7, 11) is 0. The molecule has 0 radical (unpaired) electrons. The molecule has 0 bridgehead atoms. The Morgan fingerprint density at radius 3 is 2.56 bits per heavy atom. The lowest BCUT2D eigenvalue weighted by Crippen LogP contribution is -2.33. The van der Waals surface area contributed by atoms with Gasteiger partial charge in [0.05, 0.1) is 6.21 Å². The van der Waals surface area contributed by atoms with Crippen molar-refractivity contribution in [2.45, 2.75) is 19.6 Å². The van der Waals surface area contributed by atoms with E-state index < -0.39 is 6.10 Å². The Morgan fingerprint density at radius 2 is 1.76 bits per heavy atom. The van der Waals surface area contributed by atoms with Gasteiger partial charge in [0.15, 0.2) is 6.10 Å². The zero-order chi connectivity index (χ0) is 23.9. The first-order valence-electron chi connectivity index (χ1n) is 10.6. The normalized spacial score (nSPS) is 12.0. The minimum Gasteiger partial charge on any atom is -0.488 e. The Bertz CT molecular complexity index is 1320. The average molecular weight is 582 g/mol. The van der Waals surface area contributed by atoms with Crippen LogP contribution in [0.15, 0.2) is 99.0 Å². The van der Waals surface area contributed by atoms with Crippen LogP contribution in [0.1, 0.15) is 18.1 Å². The first kappa shape index (κ1) is 24.0. The molecule has 172 valence electrons. The van der Waals surface area contributed by atoms with Gasteiger partial charge in [-0.05, 0) is 65.7 Å². The molecule has 5 nitrogen and oxygen atoms in total. The van der Waals surface area contributed by atoms with Crippen molar-refractivity contribution in [2.75, 3.05) is 0 Å². The standard InChI is InChI=1S/C27H22Br2N2O3/c1-18(34-23-12-10-21(28)11-13-23)27(32)31-30-16-25-24-8-3-2-6-20(24)9-14-26(25)33-17-19-5-4-7-22(29)15-19/h2-16,18H,17H2,1H3,(H,31,32). The fourth-order valence-electron chi connectivity index (χ4n) is 3.34. The second-order valence-electron chi connectivity index (χ2n) is 7.57. The van der Waals surface area contributed by atoms with E-state index in [-0.39, 0.29) is 5.91 Å². The Morgan fingerprint density at radius 1 is 0.971 bits per heavy atom. The number of halogens is 2. The van der Waals surface area contributed by atoms with E-state index in [0.717, 1.165) is 30.8 Å². The van der Waals surface area contributed by atoms with Gasteiger partial charge in [-0.3, -0.25) is 4.79 Å². The summed E-state index contributed by atoms with van der Waals surface area (Å²) in [6.07, 6.45) is 0.904. The van der Waals surface area contributed by atoms with Crippen molar-refractivity contribution >= 4 is 54.8 Å². The molecule has 1 unspecified atom stereocenters. The summed E-state index contributed by atoms with van der Waals surface area (Å²) in [5, 5.41) is 6.23. The molecule has 0 saturated heterocycles. The van der Waals surface area contributed by atoms with E-state index in [9.17, 15) is 4.79 Å². The molecule has 4 rings (SSSR count). The van der Waals surface area contributed by atoms with Gasteiger partial charge in [-0.2, -0.15) is 5.10 Å². The zero-order valence-corrected chi connectivity index (χ0v) is 21.5. The predicted molar refractivity (Wildman–Crippen MR) is 142 cm³/mol. The number of rotatable bonds is 8. The van der Waals surface area contributed by atoms with Crippen LogP contribution in [0.2, 0.25) is 0 Å². The van der Waals surface area contributed by atoms with Crippen molar-refractivity contribution in [3.8, 4) is 11.5 Å². The number of amides is 1. The number of hydrogen-bond acceptors (Lipinski definition) is 4. The van der Waals surface area contributed by atoms with Crippen LogP contribution < -0.4 is 14.9 Å². The SMILES string of the molecule is CC(Oc1ccc(Br)cc1)C(=O)NN=Cc1c(OCc2cccc(Br)c2)ccc2ccccc12.